The molecule has 1 saturated heterocycles. The van der Waals surface area contributed by atoms with Crippen LogP contribution in [0, 0.1) is 0 Å². The lowest BCUT2D eigenvalue weighted by atomic mass is 9.85. The molecule has 1 unspecified atom stereocenters. The largest absolute Gasteiger partial charge is 0.480 e. The maximum Gasteiger partial charge on any atom is 0.318 e. The Hall–Kier alpha value is -1.73. The van der Waals surface area contributed by atoms with E-state index in [-0.39, 0.29) is 30.7 Å². The Balaban J connectivity index is 1.54. The first-order valence-electron chi connectivity index (χ1n) is 9.24. The van der Waals surface area contributed by atoms with E-state index in [1.54, 1.807) is 0 Å². The summed E-state index contributed by atoms with van der Waals surface area (Å²) in [5.41, 5.74) is 1.18. The molecule has 6 nitrogen and oxygen atoms in total. The maximum atomic E-state index is 12.8. The average Bonchev–Trinajstić information content (AvgIpc) is 2.63. The van der Waals surface area contributed by atoms with Gasteiger partial charge in [0.1, 0.15) is 0 Å². The first-order chi connectivity index (χ1) is 12.6. The van der Waals surface area contributed by atoms with Gasteiger partial charge in [0.15, 0.2) is 0 Å². The minimum Gasteiger partial charge on any atom is -0.480 e. The van der Waals surface area contributed by atoms with Crippen molar-refractivity contribution in [2.24, 2.45) is 0 Å². The standard InChI is InChI=1S/C19H27N3O3S/c1-2-21(12-18(23)24)16-10-15(11-16)20-19(25)22-8-9-26-13-17(22)14-6-4-3-5-7-14/h3-7,15-17H,2,8-13H2,1H3,(H,20,25)(H,23,24). The molecule has 0 radical (unpaired) electrons. The molecule has 1 aromatic rings. The van der Waals surface area contributed by atoms with Gasteiger partial charge < -0.3 is 15.3 Å². The summed E-state index contributed by atoms with van der Waals surface area (Å²) in [5, 5.41) is 12.1. The number of thioether (sulfide) groups is 1. The SMILES string of the molecule is CCN(CC(=O)O)C1CC(NC(=O)N2CCSCC2c2ccccc2)C1. The van der Waals surface area contributed by atoms with Crippen molar-refractivity contribution in [3.05, 3.63) is 35.9 Å². The lowest BCUT2D eigenvalue weighted by Crippen LogP contribution is -2.57. The molecule has 0 bridgehead atoms. The predicted octanol–water partition coefficient (Wildman–Crippen LogP) is 2.42. The van der Waals surface area contributed by atoms with E-state index < -0.39 is 5.97 Å². The van der Waals surface area contributed by atoms with Crippen LogP contribution >= 0.6 is 11.8 Å². The number of amides is 2. The fraction of sp³-hybridized carbons (Fsp3) is 0.579. The zero-order valence-electron chi connectivity index (χ0n) is 15.1. The Morgan fingerprint density at radius 2 is 2.04 bits per heavy atom. The van der Waals surface area contributed by atoms with E-state index >= 15 is 0 Å². The lowest BCUT2D eigenvalue weighted by molar-refractivity contribution is -0.139. The second-order valence-electron chi connectivity index (χ2n) is 6.92. The molecule has 1 aliphatic carbocycles. The van der Waals surface area contributed by atoms with Gasteiger partial charge >= 0.3 is 12.0 Å². The van der Waals surface area contributed by atoms with Gasteiger partial charge in [-0.1, -0.05) is 37.3 Å². The topological polar surface area (TPSA) is 72.9 Å². The van der Waals surface area contributed by atoms with Crippen LogP contribution in [0.15, 0.2) is 30.3 Å². The van der Waals surface area contributed by atoms with Gasteiger partial charge in [0.2, 0.25) is 0 Å². The molecule has 26 heavy (non-hydrogen) atoms. The van der Waals surface area contributed by atoms with Crippen LogP contribution in [-0.2, 0) is 4.79 Å². The Labute approximate surface area is 158 Å². The summed E-state index contributed by atoms with van der Waals surface area (Å²) in [6.07, 6.45) is 1.65. The third-order valence-electron chi connectivity index (χ3n) is 5.28. The summed E-state index contributed by atoms with van der Waals surface area (Å²) >= 11 is 1.89. The number of carboxylic acids is 1. The second kappa shape index (κ2) is 8.77. The maximum absolute atomic E-state index is 12.8. The van der Waals surface area contributed by atoms with Crippen LogP contribution in [0.1, 0.15) is 31.4 Å². The zero-order chi connectivity index (χ0) is 18.5. The molecule has 1 aliphatic heterocycles. The van der Waals surface area contributed by atoms with Crippen LogP contribution in [0.2, 0.25) is 0 Å². The summed E-state index contributed by atoms with van der Waals surface area (Å²) in [7, 11) is 0. The van der Waals surface area contributed by atoms with Gasteiger partial charge in [0.25, 0.3) is 0 Å². The van der Waals surface area contributed by atoms with Crippen molar-refractivity contribution in [1.29, 1.82) is 0 Å². The highest BCUT2D eigenvalue weighted by Gasteiger charge is 2.36. The van der Waals surface area contributed by atoms with E-state index in [4.69, 9.17) is 5.11 Å². The van der Waals surface area contributed by atoms with Crippen molar-refractivity contribution in [2.45, 2.75) is 37.9 Å². The minimum atomic E-state index is -0.796. The number of rotatable bonds is 6. The van der Waals surface area contributed by atoms with E-state index in [1.807, 2.05) is 46.7 Å². The molecule has 2 fully saturated rings. The molecule has 1 heterocycles. The highest BCUT2D eigenvalue weighted by atomic mass is 32.2. The van der Waals surface area contributed by atoms with Gasteiger partial charge in [-0.3, -0.25) is 9.69 Å². The average molecular weight is 378 g/mol. The molecule has 3 rings (SSSR count). The number of aliphatic carboxylic acids is 1. The highest BCUT2D eigenvalue weighted by molar-refractivity contribution is 7.99. The molecule has 0 aromatic heterocycles. The van der Waals surface area contributed by atoms with E-state index in [9.17, 15) is 9.59 Å². The van der Waals surface area contributed by atoms with Crippen molar-refractivity contribution < 1.29 is 14.7 Å². The van der Waals surface area contributed by atoms with Crippen LogP contribution < -0.4 is 5.32 Å². The van der Waals surface area contributed by atoms with Gasteiger partial charge in [-0.25, -0.2) is 4.79 Å². The minimum absolute atomic E-state index is 0.00360. The number of benzene rings is 1. The van der Waals surface area contributed by atoms with Gasteiger partial charge in [0.05, 0.1) is 12.6 Å². The molecular formula is C19H27N3O3S. The highest BCUT2D eigenvalue weighted by Crippen LogP contribution is 2.31. The molecule has 1 saturated carbocycles. The molecule has 2 aliphatic rings. The lowest BCUT2D eigenvalue weighted by Gasteiger charge is -2.44. The summed E-state index contributed by atoms with van der Waals surface area (Å²) in [6.45, 7) is 3.52. The molecule has 1 atom stereocenters. The fourth-order valence-electron chi connectivity index (χ4n) is 3.73. The van der Waals surface area contributed by atoms with E-state index in [0.29, 0.717) is 0 Å². The summed E-state index contributed by atoms with van der Waals surface area (Å²) in [5.74, 6) is 1.09. The second-order valence-corrected chi connectivity index (χ2v) is 8.07. The van der Waals surface area contributed by atoms with Crippen molar-refractivity contribution in [1.82, 2.24) is 15.1 Å². The van der Waals surface area contributed by atoms with Crippen LogP contribution in [0.5, 0.6) is 0 Å². The number of carboxylic acid groups (broad SMARTS) is 1. The number of urea groups is 1. The molecular weight excluding hydrogens is 350 g/mol. The first-order valence-corrected chi connectivity index (χ1v) is 10.4. The molecule has 2 N–H and O–H groups in total. The molecule has 7 heteroatoms. The monoisotopic (exact) mass is 377 g/mol. The zero-order valence-corrected chi connectivity index (χ0v) is 16.0. The Bertz CT molecular complexity index is 622. The quantitative estimate of drug-likeness (QED) is 0.797. The van der Waals surface area contributed by atoms with Gasteiger partial charge in [-0.05, 0) is 24.9 Å². The first kappa shape index (κ1) is 19.0. The molecule has 142 valence electrons. The van der Waals surface area contributed by atoms with Crippen LogP contribution in [0.4, 0.5) is 4.79 Å². The van der Waals surface area contributed by atoms with E-state index in [0.717, 1.165) is 37.4 Å². The van der Waals surface area contributed by atoms with Crippen LogP contribution in [0.3, 0.4) is 0 Å². The molecule has 2 amide bonds. The Morgan fingerprint density at radius 1 is 1.31 bits per heavy atom. The number of nitrogens with zero attached hydrogens (tertiary/aromatic N) is 2. The third kappa shape index (κ3) is 4.51. The van der Waals surface area contributed by atoms with Gasteiger partial charge in [-0.2, -0.15) is 11.8 Å². The van der Waals surface area contributed by atoms with Crippen molar-refractivity contribution in [3.63, 3.8) is 0 Å². The smallest absolute Gasteiger partial charge is 0.318 e. The predicted molar refractivity (Wildman–Crippen MR) is 103 cm³/mol. The summed E-state index contributed by atoms with van der Waals surface area (Å²) in [6, 6.07) is 10.7. The van der Waals surface area contributed by atoms with E-state index in [1.165, 1.54) is 5.56 Å². The number of carbonyl (C=O) groups is 2. The number of hydrogen-bond donors (Lipinski definition) is 2. The van der Waals surface area contributed by atoms with Gasteiger partial charge in [0, 0.05) is 30.1 Å². The van der Waals surface area contributed by atoms with Crippen LogP contribution in [0.25, 0.3) is 0 Å². The Kier molecular flexibility index (Phi) is 6.43. The number of likely N-dealkylation sites (N-methyl/N-ethyl adjacent to an activating group) is 1. The molecule has 0 spiro atoms. The third-order valence-corrected chi connectivity index (χ3v) is 6.30. The van der Waals surface area contributed by atoms with Crippen molar-refractivity contribution in [2.75, 3.05) is 31.1 Å². The van der Waals surface area contributed by atoms with Crippen LogP contribution in [-0.4, -0.2) is 70.1 Å². The summed E-state index contributed by atoms with van der Waals surface area (Å²) < 4.78 is 0. The summed E-state index contributed by atoms with van der Waals surface area (Å²) in [4.78, 5) is 27.7. The number of hydrogen-bond acceptors (Lipinski definition) is 4. The number of nitrogens with one attached hydrogen (secondary N) is 1. The fourth-order valence-corrected chi connectivity index (χ4v) is 4.82. The van der Waals surface area contributed by atoms with Crippen molar-refractivity contribution >= 4 is 23.8 Å². The normalized spacial score (nSPS) is 25.6. The number of carbonyl (C=O) groups excluding carboxylic acids is 1. The Morgan fingerprint density at radius 3 is 2.69 bits per heavy atom. The van der Waals surface area contributed by atoms with Gasteiger partial charge in [-0.15, -0.1) is 0 Å². The molecule has 1 aromatic carbocycles. The van der Waals surface area contributed by atoms with Crippen molar-refractivity contribution in [3.8, 4) is 0 Å². The van der Waals surface area contributed by atoms with E-state index in [2.05, 4.69) is 17.4 Å².